The molecule has 0 N–H and O–H groups in total. The summed E-state index contributed by atoms with van der Waals surface area (Å²) in [7, 11) is -13.9. The second-order valence-corrected chi connectivity index (χ2v) is 16.2. The molecule has 0 amide bonds. The smallest absolute Gasteiger partial charge is 0.468 e. The third-order valence-electron chi connectivity index (χ3n) is 7.82. The van der Waals surface area contributed by atoms with Gasteiger partial charge in [-0.25, -0.2) is 36.0 Å². The largest absolute Gasteiger partial charge is 0.743 e. The normalized spacial score (nSPS) is 14.8. The van der Waals surface area contributed by atoms with Gasteiger partial charge in [0.15, 0.2) is 20.2 Å². The van der Waals surface area contributed by atoms with E-state index in [9.17, 15) is 107 Å². The van der Waals surface area contributed by atoms with Crippen LogP contribution in [0.2, 0.25) is 0 Å². The molecule has 16 nitrogen and oxygen atoms in total. The van der Waals surface area contributed by atoms with E-state index in [2.05, 4.69) is 41.6 Å². The van der Waals surface area contributed by atoms with Gasteiger partial charge in [0.2, 0.25) is 0 Å². The number of rotatable bonds is 21. The van der Waals surface area contributed by atoms with Crippen LogP contribution in [-0.4, -0.2) is 109 Å². The minimum absolute atomic E-state index is 0.144. The van der Waals surface area contributed by atoms with E-state index >= 15 is 0 Å². The van der Waals surface area contributed by atoms with E-state index in [0.29, 0.717) is 5.56 Å². The Balaban J connectivity index is 0.000000680. The third kappa shape index (κ3) is 14.5. The molecule has 0 bridgehead atoms. The number of alkyl halides is 14. The predicted molar refractivity (Wildman–Crippen MR) is 193 cm³/mol. The van der Waals surface area contributed by atoms with Crippen molar-refractivity contribution in [3.05, 3.63) is 90.0 Å². The minimum atomic E-state index is -6.94. The summed E-state index contributed by atoms with van der Waals surface area (Å²) < 4.78 is 278. The second-order valence-electron chi connectivity index (χ2n) is 13.4. The fraction of sp³-hybridized carbons (Fsp3) is 0.444. The first-order valence-electron chi connectivity index (χ1n) is 17.6. The van der Waals surface area contributed by atoms with Gasteiger partial charge >= 0.3 is 70.2 Å². The standard InChI is InChI=1S/2C18H17F7O8S/c1-10(2)13(26)33-16(17(21,22)23,14(27)32-12-6-4-11(3)5-7-12)31-9-8-15(19,20)18(24,25)34(28,29)30;1-11(2)13(26)33-16(17(21,22)23,14(27)31-10-12-6-4-3-5-7-12)32-9-8-15(19,20)18(24,25)34(28,29)30/h4-7H,1,8-9H2,2-3H3,(H,28,29,30);3-7H,1,8-10H2,2H3,(H,28,29,30)/p-2. The van der Waals surface area contributed by atoms with Gasteiger partial charge in [0.25, 0.3) is 0 Å². The molecular weight excluding hydrogens is 1020 g/mol. The molecule has 2 aromatic carbocycles. The van der Waals surface area contributed by atoms with Crippen LogP contribution in [0.25, 0.3) is 0 Å². The summed E-state index contributed by atoms with van der Waals surface area (Å²) >= 11 is 0. The van der Waals surface area contributed by atoms with Gasteiger partial charge in [-0.2, -0.15) is 61.5 Å². The van der Waals surface area contributed by atoms with Crippen molar-refractivity contribution in [3.63, 3.8) is 0 Å². The fourth-order valence-corrected chi connectivity index (χ4v) is 5.04. The van der Waals surface area contributed by atoms with Crippen molar-refractivity contribution in [1.82, 2.24) is 0 Å². The Bertz CT molecular complexity index is 2380. The van der Waals surface area contributed by atoms with Crippen LogP contribution in [0, 0.1) is 6.92 Å². The van der Waals surface area contributed by atoms with E-state index in [1.54, 1.807) is 6.92 Å². The Hall–Kier alpha value is -5.44. The van der Waals surface area contributed by atoms with Gasteiger partial charge in [-0.15, -0.1) is 0 Å². The number of aryl methyl sites for hydroxylation is 1. The van der Waals surface area contributed by atoms with E-state index in [1.807, 2.05) is 0 Å². The van der Waals surface area contributed by atoms with Gasteiger partial charge in [-0.05, 0) is 38.5 Å². The molecule has 0 heterocycles. The van der Waals surface area contributed by atoms with Crippen LogP contribution >= 0.6 is 0 Å². The quantitative estimate of drug-likeness (QED) is 0.0239. The molecule has 0 aliphatic rings. The fourth-order valence-electron chi connectivity index (χ4n) is 4.11. The summed E-state index contributed by atoms with van der Waals surface area (Å²) in [5, 5.41) is -12.5. The first-order valence-corrected chi connectivity index (χ1v) is 20.4. The number of carbonyl (C=O) groups excluding carboxylic acids is 4. The first-order chi connectivity index (χ1) is 30.5. The molecule has 0 aliphatic carbocycles. The molecule has 2 aromatic rings. The van der Waals surface area contributed by atoms with Crippen molar-refractivity contribution in [2.45, 2.75) is 86.5 Å². The summed E-state index contributed by atoms with van der Waals surface area (Å²) in [4.78, 5) is 48.2. The van der Waals surface area contributed by atoms with E-state index < -0.39 is 140 Å². The molecule has 0 aromatic heterocycles. The number of ether oxygens (including phenoxy) is 6. The lowest BCUT2D eigenvalue weighted by Crippen LogP contribution is -2.59. The zero-order valence-corrected chi connectivity index (χ0v) is 35.9. The molecule has 32 heteroatoms. The van der Waals surface area contributed by atoms with Crippen molar-refractivity contribution >= 4 is 44.1 Å². The first kappa shape index (κ1) is 60.6. The number of halogens is 14. The van der Waals surface area contributed by atoms with Crippen molar-refractivity contribution in [2.75, 3.05) is 13.2 Å². The average molecular weight is 1050 g/mol. The highest BCUT2D eigenvalue weighted by Gasteiger charge is 2.70. The van der Waals surface area contributed by atoms with Crippen LogP contribution in [0.4, 0.5) is 61.5 Å². The molecule has 0 radical (unpaired) electrons. The number of hydrogen-bond acceptors (Lipinski definition) is 16. The van der Waals surface area contributed by atoms with Gasteiger partial charge in [-0.1, -0.05) is 61.2 Å². The minimum Gasteiger partial charge on any atom is -0.743 e. The number of hydrogen-bond donors (Lipinski definition) is 0. The Morgan fingerprint density at radius 3 is 1.25 bits per heavy atom. The van der Waals surface area contributed by atoms with Gasteiger partial charge in [0.1, 0.15) is 12.4 Å². The van der Waals surface area contributed by atoms with Crippen molar-refractivity contribution in [3.8, 4) is 5.75 Å². The molecule has 0 aliphatic heterocycles. The maximum Gasteiger partial charge on any atom is 0.468 e. The molecular formula is C36H32F14O16S2-2. The van der Waals surface area contributed by atoms with E-state index in [1.165, 1.54) is 42.5 Å². The molecule has 2 unspecified atom stereocenters. The van der Waals surface area contributed by atoms with Gasteiger partial charge in [-0.3, -0.25) is 0 Å². The third-order valence-corrected chi connectivity index (χ3v) is 9.67. The Labute approximate surface area is 374 Å². The highest BCUT2D eigenvalue weighted by atomic mass is 32.2. The summed E-state index contributed by atoms with van der Waals surface area (Å²) in [6.45, 7) is 4.12. The SMILES string of the molecule is C=C(C)C(=O)OC(OCCC(F)(F)C(F)(F)S(=O)(=O)[O-])(C(=O)OCc1ccccc1)C(F)(F)F.C=C(C)C(=O)OC(OCCC(F)(F)C(F)(F)S(=O)(=O)[O-])(C(=O)Oc1ccc(C)cc1)C(F)(F)F. The highest BCUT2D eigenvalue weighted by molar-refractivity contribution is 7.87. The second kappa shape index (κ2) is 21.9. The summed E-state index contributed by atoms with van der Waals surface area (Å²) in [5.74, 6) is -30.2. The van der Waals surface area contributed by atoms with Gasteiger partial charge < -0.3 is 37.5 Å². The summed E-state index contributed by atoms with van der Waals surface area (Å²) in [6.07, 6.45) is -17.0. The van der Waals surface area contributed by atoms with Crippen LogP contribution in [0.5, 0.6) is 5.75 Å². The number of carbonyl (C=O) groups is 4. The van der Waals surface area contributed by atoms with E-state index in [4.69, 9.17) is 0 Å². The molecule has 0 saturated carbocycles. The van der Waals surface area contributed by atoms with Crippen LogP contribution in [0.1, 0.15) is 37.8 Å². The van der Waals surface area contributed by atoms with Crippen molar-refractivity contribution in [2.24, 2.45) is 0 Å². The van der Waals surface area contributed by atoms with Crippen molar-refractivity contribution in [1.29, 1.82) is 0 Å². The number of benzene rings is 2. The Morgan fingerprint density at radius 2 is 0.926 bits per heavy atom. The van der Waals surface area contributed by atoms with Gasteiger partial charge in [0.05, 0.1) is 13.2 Å². The van der Waals surface area contributed by atoms with E-state index in [-0.39, 0.29) is 5.56 Å². The Morgan fingerprint density at radius 1 is 0.574 bits per heavy atom. The average Bonchev–Trinajstić information content (AvgIpc) is 3.18. The van der Waals surface area contributed by atoms with Crippen LogP contribution in [0.15, 0.2) is 78.9 Å². The molecule has 2 atom stereocenters. The highest BCUT2D eigenvalue weighted by Crippen LogP contribution is 2.44. The lowest BCUT2D eigenvalue weighted by atomic mass is 10.2. The Kier molecular flexibility index (Phi) is 19.5. The van der Waals surface area contributed by atoms with Gasteiger partial charge in [0, 0.05) is 24.0 Å². The van der Waals surface area contributed by atoms with Crippen molar-refractivity contribution < 1.29 is 135 Å². The molecule has 0 spiro atoms. The lowest BCUT2D eigenvalue weighted by Gasteiger charge is -2.33. The summed E-state index contributed by atoms with van der Waals surface area (Å²) in [5.41, 5.74) is -0.689. The summed E-state index contributed by atoms with van der Waals surface area (Å²) in [6, 6.07) is 11.6. The van der Waals surface area contributed by atoms with Crippen LogP contribution in [0.3, 0.4) is 0 Å². The topological polar surface area (TPSA) is 238 Å². The van der Waals surface area contributed by atoms with Crippen LogP contribution < -0.4 is 4.74 Å². The molecule has 0 fully saturated rings. The lowest BCUT2D eigenvalue weighted by molar-refractivity contribution is -0.357. The van der Waals surface area contributed by atoms with Crippen LogP contribution in [-0.2, 0) is 69.7 Å². The number of esters is 4. The zero-order chi connectivity index (χ0) is 53.3. The maximum atomic E-state index is 13.8. The zero-order valence-electron chi connectivity index (χ0n) is 34.3. The monoisotopic (exact) mass is 1050 g/mol. The molecule has 384 valence electrons. The predicted octanol–water partition coefficient (Wildman–Crippen LogP) is 6.75. The van der Waals surface area contributed by atoms with E-state index in [0.717, 1.165) is 26.0 Å². The molecule has 68 heavy (non-hydrogen) atoms. The molecule has 2 rings (SSSR count). The molecule has 0 saturated heterocycles. The maximum absolute atomic E-state index is 13.8.